The summed E-state index contributed by atoms with van der Waals surface area (Å²) in [5.41, 5.74) is 5.96. The van der Waals surface area contributed by atoms with Crippen LogP contribution < -0.4 is 5.73 Å². The zero-order chi connectivity index (χ0) is 9.97. The van der Waals surface area contributed by atoms with Gasteiger partial charge in [-0.3, -0.25) is 5.10 Å². The van der Waals surface area contributed by atoms with E-state index in [0.717, 1.165) is 23.8 Å². The highest BCUT2D eigenvalue weighted by atomic mass is 32.2. The Balaban J connectivity index is 1.93. The lowest BCUT2D eigenvalue weighted by Crippen LogP contribution is -2.13. The Kier molecular flexibility index (Phi) is 3.08. The molecule has 1 aliphatic carbocycles. The van der Waals surface area contributed by atoms with Crippen molar-refractivity contribution in [3.05, 3.63) is 11.6 Å². The van der Waals surface area contributed by atoms with Crippen molar-refractivity contribution in [3.8, 4) is 0 Å². The van der Waals surface area contributed by atoms with E-state index in [1.54, 1.807) is 11.8 Å². The molecule has 78 valence electrons. The van der Waals surface area contributed by atoms with Gasteiger partial charge in [0, 0.05) is 5.92 Å². The first-order valence-corrected chi connectivity index (χ1v) is 6.37. The lowest BCUT2D eigenvalue weighted by atomic mass is 10.2. The summed E-state index contributed by atoms with van der Waals surface area (Å²) in [4.78, 5) is 4.42. The molecule has 1 atom stereocenters. The fourth-order valence-corrected chi connectivity index (χ4v) is 1.86. The van der Waals surface area contributed by atoms with E-state index in [4.69, 9.17) is 5.73 Å². The van der Waals surface area contributed by atoms with Gasteiger partial charge in [-0.25, -0.2) is 4.98 Å². The van der Waals surface area contributed by atoms with Gasteiger partial charge in [-0.05, 0) is 31.3 Å². The number of hydrogen-bond acceptors (Lipinski definition) is 4. The number of H-pyrrole nitrogens is 1. The summed E-state index contributed by atoms with van der Waals surface area (Å²) in [6, 6.07) is -0.00815. The van der Waals surface area contributed by atoms with Crippen LogP contribution in [0.2, 0.25) is 0 Å². The van der Waals surface area contributed by atoms with Crippen molar-refractivity contribution in [2.24, 2.45) is 5.73 Å². The van der Waals surface area contributed by atoms with Gasteiger partial charge in [0.2, 0.25) is 0 Å². The van der Waals surface area contributed by atoms with E-state index in [-0.39, 0.29) is 6.04 Å². The van der Waals surface area contributed by atoms with Crippen LogP contribution >= 0.6 is 11.8 Å². The topological polar surface area (TPSA) is 67.6 Å². The molecule has 1 aromatic rings. The summed E-state index contributed by atoms with van der Waals surface area (Å²) in [6.07, 6.45) is 5.52. The van der Waals surface area contributed by atoms with E-state index in [9.17, 15) is 0 Å². The predicted octanol–water partition coefficient (Wildman–Crippen LogP) is 1.44. The fraction of sp³-hybridized carbons (Fsp3) is 0.778. The van der Waals surface area contributed by atoms with Crippen LogP contribution in [-0.2, 0) is 0 Å². The standard InChI is InChI=1S/C9H16N4S/c1-14-5-4-7(10)9-11-8(12-13-9)6-2-3-6/h6-7H,2-5,10H2,1H3,(H,11,12,13). The average Bonchev–Trinajstić information content (AvgIpc) is 2.93. The predicted molar refractivity (Wildman–Crippen MR) is 58.3 cm³/mol. The third-order valence-corrected chi connectivity index (χ3v) is 3.09. The lowest BCUT2D eigenvalue weighted by Gasteiger charge is -2.04. The van der Waals surface area contributed by atoms with Crippen LogP contribution in [0.15, 0.2) is 0 Å². The Morgan fingerprint density at radius 3 is 3.07 bits per heavy atom. The largest absolute Gasteiger partial charge is 0.321 e. The molecule has 1 fully saturated rings. The molecule has 2 rings (SSSR count). The highest BCUT2D eigenvalue weighted by Crippen LogP contribution is 2.38. The molecule has 0 radical (unpaired) electrons. The molecule has 0 aliphatic heterocycles. The molecule has 14 heavy (non-hydrogen) atoms. The minimum Gasteiger partial charge on any atom is -0.321 e. The Morgan fingerprint density at radius 2 is 2.43 bits per heavy atom. The number of nitrogens with one attached hydrogen (secondary N) is 1. The Hall–Kier alpha value is -0.550. The molecule has 0 amide bonds. The third-order valence-electron chi connectivity index (χ3n) is 2.45. The van der Waals surface area contributed by atoms with E-state index in [2.05, 4.69) is 21.4 Å². The molecule has 0 saturated heterocycles. The normalized spacial score (nSPS) is 18.4. The second-order valence-electron chi connectivity index (χ2n) is 3.74. The zero-order valence-electron chi connectivity index (χ0n) is 8.36. The molecular formula is C9H16N4S. The second kappa shape index (κ2) is 4.31. The summed E-state index contributed by atoms with van der Waals surface area (Å²) in [6.45, 7) is 0. The monoisotopic (exact) mass is 212 g/mol. The van der Waals surface area contributed by atoms with E-state index < -0.39 is 0 Å². The van der Waals surface area contributed by atoms with Gasteiger partial charge in [-0.1, -0.05) is 0 Å². The first-order chi connectivity index (χ1) is 6.81. The maximum atomic E-state index is 5.96. The van der Waals surface area contributed by atoms with Crippen molar-refractivity contribution >= 4 is 11.8 Å². The summed E-state index contributed by atoms with van der Waals surface area (Å²) >= 11 is 1.80. The average molecular weight is 212 g/mol. The van der Waals surface area contributed by atoms with E-state index in [1.807, 2.05) is 0 Å². The zero-order valence-corrected chi connectivity index (χ0v) is 9.18. The van der Waals surface area contributed by atoms with Crippen LogP contribution in [-0.4, -0.2) is 27.2 Å². The molecule has 4 nitrogen and oxygen atoms in total. The van der Waals surface area contributed by atoms with Crippen molar-refractivity contribution < 1.29 is 0 Å². The first kappa shape index (κ1) is 9.98. The molecule has 0 aromatic carbocycles. The van der Waals surface area contributed by atoms with Crippen LogP contribution in [0.25, 0.3) is 0 Å². The quantitative estimate of drug-likeness (QED) is 0.775. The SMILES string of the molecule is CSCCC(N)c1n[nH]c(C2CC2)n1. The number of rotatable bonds is 5. The minimum atomic E-state index is -0.00815. The molecule has 1 aliphatic rings. The van der Waals surface area contributed by atoms with Crippen LogP contribution in [0.1, 0.15) is 42.9 Å². The van der Waals surface area contributed by atoms with Crippen LogP contribution in [0, 0.1) is 0 Å². The molecule has 1 unspecified atom stereocenters. The van der Waals surface area contributed by atoms with E-state index in [1.165, 1.54) is 12.8 Å². The Bertz CT molecular complexity index is 295. The minimum absolute atomic E-state index is 0.00815. The second-order valence-corrected chi connectivity index (χ2v) is 4.73. The molecule has 0 spiro atoms. The molecule has 0 bridgehead atoms. The molecule has 1 heterocycles. The van der Waals surface area contributed by atoms with E-state index in [0.29, 0.717) is 5.92 Å². The van der Waals surface area contributed by atoms with Gasteiger partial charge in [0.05, 0.1) is 6.04 Å². The summed E-state index contributed by atoms with van der Waals surface area (Å²) < 4.78 is 0. The van der Waals surface area contributed by atoms with Gasteiger partial charge in [0.25, 0.3) is 0 Å². The van der Waals surface area contributed by atoms with Crippen molar-refractivity contribution in [1.29, 1.82) is 0 Å². The maximum Gasteiger partial charge on any atom is 0.167 e. The molecule has 1 saturated carbocycles. The number of aromatic nitrogens is 3. The van der Waals surface area contributed by atoms with Crippen LogP contribution in [0.4, 0.5) is 0 Å². The summed E-state index contributed by atoms with van der Waals surface area (Å²) in [5, 5.41) is 7.14. The van der Waals surface area contributed by atoms with Gasteiger partial charge >= 0.3 is 0 Å². The number of nitrogens with zero attached hydrogens (tertiary/aromatic N) is 2. The smallest absolute Gasteiger partial charge is 0.167 e. The molecule has 3 N–H and O–H groups in total. The number of thioether (sulfide) groups is 1. The van der Waals surface area contributed by atoms with Crippen LogP contribution in [0.5, 0.6) is 0 Å². The fourth-order valence-electron chi connectivity index (χ4n) is 1.37. The maximum absolute atomic E-state index is 5.96. The number of nitrogens with two attached hydrogens (primary N) is 1. The van der Waals surface area contributed by atoms with Crippen molar-refractivity contribution in [2.45, 2.75) is 31.2 Å². The third kappa shape index (κ3) is 2.27. The van der Waals surface area contributed by atoms with Crippen molar-refractivity contribution in [2.75, 3.05) is 12.0 Å². The Labute approximate surface area is 88.1 Å². The number of hydrogen-bond donors (Lipinski definition) is 2. The summed E-state index contributed by atoms with van der Waals surface area (Å²) in [5.74, 6) is 3.50. The highest BCUT2D eigenvalue weighted by Gasteiger charge is 2.27. The molecule has 1 aromatic heterocycles. The van der Waals surface area contributed by atoms with Gasteiger partial charge < -0.3 is 5.73 Å². The first-order valence-electron chi connectivity index (χ1n) is 4.98. The van der Waals surface area contributed by atoms with Gasteiger partial charge in [-0.2, -0.15) is 16.9 Å². The van der Waals surface area contributed by atoms with Gasteiger partial charge in [-0.15, -0.1) is 0 Å². The Morgan fingerprint density at radius 1 is 1.64 bits per heavy atom. The van der Waals surface area contributed by atoms with Gasteiger partial charge in [0.15, 0.2) is 5.82 Å². The van der Waals surface area contributed by atoms with Crippen molar-refractivity contribution in [3.63, 3.8) is 0 Å². The van der Waals surface area contributed by atoms with E-state index >= 15 is 0 Å². The number of aromatic amines is 1. The lowest BCUT2D eigenvalue weighted by molar-refractivity contribution is 0.657. The van der Waals surface area contributed by atoms with Crippen molar-refractivity contribution in [1.82, 2.24) is 15.2 Å². The molecule has 5 heteroatoms. The van der Waals surface area contributed by atoms with Gasteiger partial charge in [0.1, 0.15) is 5.82 Å². The summed E-state index contributed by atoms with van der Waals surface area (Å²) in [7, 11) is 0. The highest BCUT2D eigenvalue weighted by molar-refractivity contribution is 7.98. The molecular weight excluding hydrogens is 196 g/mol. The van der Waals surface area contributed by atoms with Crippen LogP contribution in [0.3, 0.4) is 0 Å².